The van der Waals surface area contributed by atoms with Crippen LogP contribution in [0.3, 0.4) is 0 Å². The number of aromatic nitrogens is 1. The molecule has 0 spiro atoms. The molecule has 244 valence electrons. The molecule has 4 rings (SSSR count). The number of halogens is 2. The van der Waals surface area contributed by atoms with Crippen molar-refractivity contribution in [3.63, 3.8) is 0 Å². The third-order valence-electron chi connectivity index (χ3n) is 9.00. The number of hydrogen-bond acceptors (Lipinski definition) is 6. The number of carbonyl (C=O) groups is 5. The number of nitrogens with zero attached hydrogens (tertiary/aromatic N) is 2. The minimum Gasteiger partial charge on any atom is -0.347 e. The summed E-state index contributed by atoms with van der Waals surface area (Å²) < 4.78 is 27.1. The zero-order valence-electron chi connectivity index (χ0n) is 26.4. The van der Waals surface area contributed by atoms with Crippen molar-refractivity contribution >= 4 is 40.2 Å². The molecule has 10 nitrogen and oxygen atoms in total. The van der Waals surface area contributed by atoms with Crippen LogP contribution in [0.5, 0.6) is 0 Å². The summed E-state index contributed by atoms with van der Waals surface area (Å²) in [4.78, 5) is 72.8. The van der Waals surface area contributed by atoms with Crippen LogP contribution >= 0.6 is 0 Å². The van der Waals surface area contributed by atoms with E-state index < -0.39 is 65.8 Å². The Morgan fingerprint density at radius 2 is 1.73 bits per heavy atom. The van der Waals surface area contributed by atoms with E-state index in [4.69, 9.17) is 0 Å². The minimum absolute atomic E-state index is 0.00115. The van der Waals surface area contributed by atoms with Crippen molar-refractivity contribution in [2.45, 2.75) is 97.3 Å². The first-order chi connectivity index (χ1) is 21.2. The quantitative estimate of drug-likeness (QED) is 0.326. The van der Waals surface area contributed by atoms with E-state index in [0.717, 1.165) is 18.2 Å². The molecule has 2 aliphatic rings. The molecule has 0 bridgehead atoms. The van der Waals surface area contributed by atoms with Gasteiger partial charge in [-0.15, -0.1) is 0 Å². The van der Waals surface area contributed by atoms with Gasteiger partial charge in [0.05, 0.1) is 5.56 Å². The van der Waals surface area contributed by atoms with Crippen LogP contribution in [0.15, 0.2) is 36.7 Å². The maximum absolute atomic E-state index is 14.3. The minimum atomic E-state index is -2.96. The Hall–Kier alpha value is -3.96. The highest BCUT2D eigenvalue weighted by molar-refractivity contribution is 6.38. The molecule has 2 fully saturated rings. The average molecular weight is 628 g/mol. The lowest BCUT2D eigenvalue weighted by Gasteiger charge is -2.36. The number of likely N-dealkylation sites (tertiary alicyclic amines) is 1. The molecule has 1 aliphatic carbocycles. The summed E-state index contributed by atoms with van der Waals surface area (Å²) in [7, 11) is 0. The van der Waals surface area contributed by atoms with Gasteiger partial charge < -0.3 is 20.9 Å². The van der Waals surface area contributed by atoms with Gasteiger partial charge in [-0.1, -0.05) is 58.4 Å². The SMILES string of the molecule is CC[C@H](C)NC(=O)C(=O)C(CC(F)F)NC(=O)[C@@H]1[C@H]2CCC[C@H]2CN1C(=O)[C@H](NC(=O)c1cncc2ccccc12)C(C)(C)C. The van der Waals surface area contributed by atoms with Gasteiger partial charge in [0.2, 0.25) is 24.0 Å². The van der Waals surface area contributed by atoms with Gasteiger partial charge in [0.1, 0.15) is 18.1 Å². The number of ketones is 1. The van der Waals surface area contributed by atoms with E-state index in [1.807, 2.05) is 12.1 Å². The third-order valence-corrected chi connectivity index (χ3v) is 9.00. The van der Waals surface area contributed by atoms with Gasteiger partial charge in [0.25, 0.3) is 11.8 Å². The zero-order valence-corrected chi connectivity index (χ0v) is 26.4. The van der Waals surface area contributed by atoms with Crippen LogP contribution in [-0.2, 0) is 19.2 Å². The number of alkyl halides is 2. The second kappa shape index (κ2) is 14.0. The summed E-state index contributed by atoms with van der Waals surface area (Å²) in [6.07, 6.45) is 1.88. The second-order valence-electron chi connectivity index (χ2n) is 13.3. The van der Waals surface area contributed by atoms with Gasteiger partial charge in [-0.3, -0.25) is 29.0 Å². The van der Waals surface area contributed by atoms with Gasteiger partial charge >= 0.3 is 0 Å². The second-order valence-corrected chi connectivity index (χ2v) is 13.3. The molecule has 2 heterocycles. The Morgan fingerprint density at radius 3 is 2.40 bits per heavy atom. The summed E-state index contributed by atoms with van der Waals surface area (Å²) in [6.45, 7) is 9.13. The number of pyridine rings is 1. The van der Waals surface area contributed by atoms with E-state index in [2.05, 4.69) is 20.9 Å². The maximum Gasteiger partial charge on any atom is 0.289 e. The van der Waals surface area contributed by atoms with Crippen molar-refractivity contribution in [1.29, 1.82) is 0 Å². The zero-order chi connectivity index (χ0) is 33.1. The van der Waals surface area contributed by atoms with Gasteiger partial charge in [0.15, 0.2) is 0 Å². The summed E-state index contributed by atoms with van der Waals surface area (Å²) in [5.74, 6) is -4.19. The lowest BCUT2D eigenvalue weighted by molar-refractivity contribution is -0.145. The van der Waals surface area contributed by atoms with Gasteiger partial charge in [0, 0.05) is 36.8 Å². The van der Waals surface area contributed by atoms with Crippen molar-refractivity contribution in [3.05, 3.63) is 42.2 Å². The van der Waals surface area contributed by atoms with E-state index in [1.165, 1.54) is 11.1 Å². The predicted octanol–water partition coefficient (Wildman–Crippen LogP) is 3.63. The van der Waals surface area contributed by atoms with Gasteiger partial charge in [-0.05, 0) is 48.8 Å². The average Bonchev–Trinajstić information content (AvgIpc) is 3.59. The summed E-state index contributed by atoms with van der Waals surface area (Å²) >= 11 is 0. The third kappa shape index (κ3) is 7.65. The summed E-state index contributed by atoms with van der Waals surface area (Å²) in [6, 6.07) is 3.06. The van der Waals surface area contributed by atoms with E-state index in [1.54, 1.807) is 52.9 Å². The normalized spacial score (nSPS) is 21.6. The molecule has 0 radical (unpaired) electrons. The summed E-state index contributed by atoms with van der Waals surface area (Å²) in [5, 5.41) is 9.19. The van der Waals surface area contributed by atoms with Crippen molar-refractivity contribution in [1.82, 2.24) is 25.8 Å². The molecular formula is C33H43F2N5O5. The van der Waals surface area contributed by atoms with Crippen LogP contribution < -0.4 is 16.0 Å². The molecular weight excluding hydrogens is 584 g/mol. The van der Waals surface area contributed by atoms with Crippen molar-refractivity contribution < 1.29 is 32.8 Å². The number of fused-ring (bicyclic) bond motifs is 2. The van der Waals surface area contributed by atoms with Crippen molar-refractivity contribution in [2.24, 2.45) is 17.3 Å². The predicted molar refractivity (Wildman–Crippen MR) is 164 cm³/mol. The van der Waals surface area contributed by atoms with Crippen LogP contribution in [0.25, 0.3) is 10.8 Å². The fraction of sp³-hybridized carbons (Fsp3) is 0.576. The standard InChI is InChI=1S/C33H43F2N5O5/c1-6-18(2)37-31(44)27(41)24(14-25(34)35)38-30(43)26-22-13-9-11-20(22)17-40(26)32(45)28(33(3,4)5)39-29(42)23-16-36-15-19-10-7-8-12-21(19)23/h7-8,10,12,15-16,18,20,22,24-26,28H,6,9,11,13-14,17H2,1-5H3,(H,37,44)(H,38,43)(H,39,42)/t18-,20-,22-,24?,26-,28-/m0/s1. The number of Topliss-reactive ketones (excluding diaryl/α,β-unsaturated/α-hetero) is 1. The molecule has 1 saturated carbocycles. The fourth-order valence-corrected chi connectivity index (χ4v) is 6.41. The molecule has 1 aliphatic heterocycles. The van der Waals surface area contributed by atoms with Crippen LogP contribution in [0, 0.1) is 17.3 Å². The van der Waals surface area contributed by atoms with Crippen LogP contribution in [0.2, 0.25) is 0 Å². The number of amides is 4. The number of carbonyl (C=O) groups excluding carboxylic acids is 5. The van der Waals surface area contributed by atoms with E-state index in [-0.39, 0.29) is 24.4 Å². The molecule has 1 unspecified atom stereocenters. The largest absolute Gasteiger partial charge is 0.347 e. The number of nitrogens with one attached hydrogen (secondary N) is 3. The number of benzene rings is 1. The van der Waals surface area contributed by atoms with E-state index >= 15 is 0 Å². The Bertz CT molecular complexity index is 1440. The lowest BCUT2D eigenvalue weighted by atomic mass is 9.85. The fourth-order valence-electron chi connectivity index (χ4n) is 6.41. The van der Waals surface area contributed by atoms with E-state index in [0.29, 0.717) is 23.8 Å². The highest BCUT2D eigenvalue weighted by atomic mass is 19.3. The molecule has 3 N–H and O–H groups in total. The highest BCUT2D eigenvalue weighted by Crippen LogP contribution is 2.43. The van der Waals surface area contributed by atoms with Crippen molar-refractivity contribution in [3.8, 4) is 0 Å². The van der Waals surface area contributed by atoms with Crippen LogP contribution in [0.4, 0.5) is 8.78 Å². The lowest BCUT2D eigenvalue weighted by Crippen LogP contribution is -2.60. The van der Waals surface area contributed by atoms with E-state index in [9.17, 15) is 32.8 Å². The smallest absolute Gasteiger partial charge is 0.289 e. The monoisotopic (exact) mass is 627 g/mol. The van der Waals surface area contributed by atoms with Gasteiger partial charge in [-0.2, -0.15) is 0 Å². The topological polar surface area (TPSA) is 138 Å². The van der Waals surface area contributed by atoms with Crippen LogP contribution in [0.1, 0.15) is 77.1 Å². The van der Waals surface area contributed by atoms with Crippen molar-refractivity contribution in [2.75, 3.05) is 6.54 Å². The first-order valence-corrected chi connectivity index (χ1v) is 15.6. The molecule has 4 amide bonds. The molecule has 1 aromatic carbocycles. The van der Waals surface area contributed by atoms with Gasteiger partial charge in [-0.25, -0.2) is 8.78 Å². The molecule has 6 atom stereocenters. The molecule has 1 saturated heterocycles. The Morgan fingerprint density at radius 1 is 1.02 bits per heavy atom. The molecule has 2 aromatic rings. The Labute approximate surface area is 262 Å². The molecule has 1 aromatic heterocycles. The Kier molecular flexibility index (Phi) is 10.5. The highest BCUT2D eigenvalue weighted by Gasteiger charge is 2.52. The van der Waals surface area contributed by atoms with Crippen LogP contribution in [-0.4, -0.2) is 76.4 Å². The number of rotatable bonds is 11. The first-order valence-electron chi connectivity index (χ1n) is 15.6. The molecule has 12 heteroatoms. The Balaban J connectivity index is 1.60. The first kappa shape index (κ1) is 33.9. The number of hydrogen-bond donors (Lipinski definition) is 3. The molecule has 45 heavy (non-hydrogen) atoms. The maximum atomic E-state index is 14.3. The summed E-state index contributed by atoms with van der Waals surface area (Å²) in [5.41, 5.74) is -0.474.